The van der Waals surface area contributed by atoms with E-state index in [-0.39, 0.29) is 0 Å². The Kier molecular flexibility index (Phi) is 4.14. The maximum atomic E-state index is 4.45. The van der Waals surface area contributed by atoms with E-state index in [0.29, 0.717) is 11.3 Å². The first-order chi connectivity index (χ1) is 3.27. The molecule has 0 unspecified atom stereocenters. The van der Waals surface area contributed by atoms with Gasteiger partial charge in [-0.3, -0.25) is 0 Å². The van der Waals surface area contributed by atoms with Crippen LogP contribution in [0.25, 0.3) is 0 Å². The molecule has 0 saturated heterocycles. The van der Waals surface area contributed by atoms with Crippen LogP contribution in [0.4, 0.5) is 0 Å². The first-order valence-electron chi connectivity index (χ1n) is 1.91. The zero-order chi connectivity index (χ0) is 5.70. The number of halogens is 1. The monoisotopic (exact) mass is 166 g/mol. The van der Waals surface area contributed by atoms with Gasteiger partial charge in [0.2, 0.25) is 0 Å². The largest absolute Gasteiger partial charge is 0.331 e. The van der Waals surface area contributed by atoms with Gasteiger partial charge in [-0.1, -0.05) is 0 Å². The van der Waals surface area contributed by atoms with Crippen LogP contribution in [-0.2, 0) is 9.78 Å². The molecular formula is C4H7BrO2. The van der Waals surface area contributed by atoms with Crippen LogP contribution in [0.3, 0.4) is 0 Å². The number of hydrogen-bond acceptors (Lipinski definition) is 2. The first kappa shape index (κ1) is 6.98. The highest BCUT2D eigenvalue weighted by molar-refractivity contribution is 9.11. The van der Waals surface area contributed by atoms with Gasteiger partial charge in [-0.05, 0) is 29.4 Å². The summed E-state index contributed by atoms with van der Waals surface area (Å²) in [6.45, 7) is 5.72. The fraction of sp³-hybridized carbons (Fsp3) is 0.500. The molecule has 0 amide bonds. The van der Waals surface area contributed by atoms with Crippen LogP contribution in [0, 0.1) is 0 Å². The van der Waals surface area contributed by atoms with E-state index < -0.39 is 0 Å². The summed E-state index contributed by atoms with van der Waals surface area (Å²) in [6.07, 6.45) is 0. The lowest BCUT2D eigenvalue weighted by atomic mass is 10.9. The molecule has 0 radical (unpaired) electrons. The summed E-state index contributed by atoms with van der Waals surface area (Å²) in [6, 6.07) is 0. The van der Waals surface area contributed by atoms with Crippen LogP contribution in [-0.4, -0.2) is 6.61 Å². The Balaban J connectivity index is 2.82. The van der Waals surface area contributed by atoms with Crippen molar-refractivity contribution in [3.63, 3.8) is 0 Å². The lowest BCUT2D eigenvalue weighted by Crippen LogP contribution is -1.86. The van der Waals surface area contributed by atoms with Gasteiger partial charge in [0, 0.05) is 0 Å². The van der Waals surface area contributed by atoms with Crippen molar-refractivity contribution in [2.75, 3.05) is 6.61 Å². The zero-order valence-corrected chi connectivity index (χ0v) is 5.69. The van der Waals surface area contributed by atoms with Crippen molar-refractivity contribution in [2.24, 2.45) is 0 Å². The molecule has 3 heteroatoms. The second-order valence-corrected chi connectivity index (χ2v) is 1.73. The third-order valence-corrected chi connectivity index (χ3v) is 0.399. The first-order valence-corrected chi connectivity index (χ1v) is 2.70. The highest BCUT2D eigenvalue weighted by Crippen LogP contribution is 2.01. The van der Waals surface area contributed by atoms with Crippen LogP contribution in [0.1, 0.15) is 6.92 Å². The van der Waals surface area contributed by atoms with Gasteiger partial charge in [-0.15, -0.1) is 0 Å². The van der Waals surface area contributed by atoms with E-state index in [2.05, 4.69) is 32.3 Å². The van der Waals surface area contributed by atoms with E-state index in [4.69, 9.17) is 0 Å². The molecule has 0 aliphatic rings. The highest BCUT2D eigenvalue weighted by atomic mass is 79.9. The number of hydrogen-bond donors (Lipinski definition) is 0. The molecule has 0 aliphatic heterocycles. The quantitative estimate of drug-likeness (QED) is 0.362. The van der Waals surface area contributed by atoms with Crippen LogP contribution in [0.15, 0.2) is 11.2 Å². The van der Waals surface area contributed by atoms with E-state index >= 15 is 0 Å². The fourth-order valence-corrected chi connectivity index (χ4v) is 0.216. The molecule has 2 nitrogen and oxygen atoms in total. The minimum atomic E-state index is 0.398. The normalized spacial score (nSPS) is 8.29. The Morgan fingerprint density at radius 3 is 2.57 bits per heavy atom. The van der Waals surface area contributed by atoms with Gasteiger partial charge in [0.05, 0.1) is 6.61 Å². The molecule has 0 N–H and O–H groups in total. The van der Waals surface area contributed by atoms with Crippen molar-refractivity contribution in [3.05, 3.63) is 11.2 Å². The molecular weight excluding hydrogens is 160 g/mol. The van der Waals surface area contributed by atoms with E-state index in [1.54, 1.807) is 0 Å². The molecule has 0 rings (SSSR count). The topological polar surface area (TPSA) is 18.5 Å². The smallest absolute Gasteiger partial charge is 0.200 e. The third-order valence-electron chi connectivity index (χ3n) is 0.267. The molecule has 0 spiro atoms. The van der Waals surface area contributed by atoms with Crippen molar-refractivity contribution in [1.82, 2.24) is 0 Å². The maximum Gasteiger partial charge on any atom is 0.200 e. The average Bonchev–Trinajstić information content (AvgIpc) is 1.61. The molecule has 0 saturated carbocycles. The van der Waals surface area contributed by atoms with Gasteiger partial charge in [-0.2, -0.15) is 4.89 Å². The van der Waals surface area contributed by atoms with E-state index in [1.807, 2.05) is 6.92 Å². The summed E-state index contributed by atoms with van der Waals surface area (Å²) < 4.78 is 0.398. The molecule has 0 heterocycles. The summed E-state index contributed by atoms with van der Waals surface area (Å²) >= 11 is 2.93. The van der Waals surface area contributed by atoms with Crippen molar-refractivity contribution in [1.29, 1.82) is 0 Å². The highest BCUT2D eigenvalue weighted by Gasteiger charge is 1.81. The summed E-state index contributed by atoms with van der Waals surface area (Å²) in [4.78, 5) is 8.86. The van der Waals surface area contributed by atoms with E-state index in [9.17, 15) is 0 Å². The van der Waals surface area contributed by atoms with Gasteiger partial charge >= 0.3 is 0 Å². The maximum absolute atomic E-state index is 4.45. The summed E-state index contributed by atoms with van der Waals surface area (Å²) in [5.41, 5.74) is 0. The summed E-state index contributed by atoms with van der Waals surface area (Å²) in [7, 11) is 0. The molecule has 7 heavy (non-hydrogen) atoms. The summed E-state index contributed by atoms with van der Waals surface area (Å²) in [5.74, 6) is 0. The van der Waals surface area contributed by atoms with Gasteiger partial charge in [0.25, 0.3) is 0 Å². The second kappa shape index (κ2) is 4.15. The third kappa shape index (κ3) is 5.98. The molecule has 0 aromatic rings. The predicted octanol–water partition coefficient (Wildman–Crippen LogP) is 1.82. The fourth-order valence-electron chi connectivity index (χ4n) is 0.123. The SMILES string of the molecule is C=C(Br)OOCC. The molecule has 0 aliphatic carbocycles. The van der Waals surface area contributed by atoms with Crippen molar-refractivity contribution in [2.45, 2.75) is 6.92 Å². The van der Waals surface area contributed by atoms with Crippen molar-refractivity contribution < 1.29 is 9.78 Å². The molecule has 0 atom stereocenters. The minimum Gasteiger partial charge on any atom is -0.331 e. The van der Waals surface area contributed by atoms with Crippen LogP contribution in [0.5, 0.6) is 0 Å². The lowest BCUT2D eigenvalue weighted by Gasteiger charge is -1.95. The Bertz CT molecular complexity index is 62.7. The predicted molar refractivity (Wildman–Crippen MR) is 30.8 cm³/mol. The van der Waals surface area contributed by atoms with Gasteiger partial charge in [-0.25, -0.2) is 0 Å². The van der Waals surface area contributed by atoms with Crippen LogP contribution >= 0.6 is 15.9 Å². The number of rotatable bonds is 3. The van der Waals surface area contributed by atoms with Gasteiger partial charge < -0.3 is 4.89 Å². The molecule has 0 aromatic carbocycles. The van der Waals surface area contributed by atoms with Crippen LogP contribution in [0.2, 0.25) is 0 Å². The molecule has 42 valence electrons. The summed E-state index contributed by atoms with van der Waals surface area (Å²) in [5, 5.41) is 0. The standard InChI is InChI=1S/C4H7BrO2/c1-3-6-7-4(2)5/h2-3H2,1H3. The molecule has 0 fully saturated rings. The second-order valence-electron chi connectivity index (χ2n) is 0.845. The Morgan fingerprint density at radius 1 is 1.86 bits per heavy atom. The lowest BCUT2D eigenvalue weighted by molar-refractivity contribution is -0.247. The Hall–Kier alpha value is -0.0200. The van der Waals surface area contributed by atoms with E-state index in [1.165, 1.54) is 0 Å². The molecule has 0 aromatic heterocycles. The van der Waals surface area contributed by atoms with Crippen molar-refractivity contribution >= 4 is 15.9 Å². The van der Waals surface area contributed by atoms with Gasteiger partial charge in [0.15, 0.2) is 4.67 Å². The van der Waals surface area contributed by atoms with Crippen LogP contribution < -0.4 is 0 Å². The average molecular weight is 167 g/mol. The Morgan fingerprint density at radius 2 is 2.43 bits per heavy atom. The minimum absolute atomic E-state index is 0.398. The molecule has 0 bridgehead atoms. The van der Waals surface area contributed by atoms with Crippen molar-refractivity contribution in [3.8, 4) is 0 Å². The van der Waals surface area contributed by atoms with E-state index in [0.717, 1.165) is 0 Å². The Labute approximate surface area is 51.2 Å². The van der Waals surface area contributed by atoms with Gasteiger partial charge in [0.1, 0.15) is 0 Å². The zero-order valence-electron chi connectivity index (χ0n) is 4.11.